The van der Waals surface area contributed by atoms with E-state index in [9.17, 15) is 12.8 Å². The predicted molar refractivity (Wildman–Crippen MR) is 71.5 cm³/mol. The van der Waals surface area contributed by atoms with Gasteiger partial charge in [0.15, 0.2) is 0 Å². The number of benzene rings is 1. The molecule has 4 nitrogen and oxygen atoms in total. The SMILES string of the molecule is CN(Cc1ccco1)S(=O)(=O)c1ccc(F)cc1Br. The van der Waals surface area contributed by atoms with E-state index < -0.39 is 15.8 Å². The molecule has 1 aromatic carbocycles. The zero-order valence-corrected chi connectivity index (χ0v) is 12.4. The number of hydrogen-bond donors (Lipinski definition) is 0. The molecule has 2 rings (SSSR count). The Hall–Kier alpha value is -1.18. The average Bonchev–Trinajstić information content (AvgIpc) is 2.81. The van der Waals surface area contributed by atoms with Crippen LogP contribution in [0.25, 0.3) is 0 Å². The van der Waals surface area contributed by atoms with Crippen molar-refractivity contribution in [3.63, 3.8) is 0 Å². The standard InChI is InChI=1S/C12H11BrFNO3S/c1-15(8-10-3-2-6-18-10)19(16,17)12-5-4-9(14)7-11(12)13/h2-7H,8H2,1H3. The summed E-state index contributed by atoms with van der Waals surface area (Å²) in [4.78, 5) is 0.0166. The minimum absolute atomic E-state index is 0.0166. The minimum Gasteiger partial charge on any atom is -0.468 e. The summed E-state index contributed by atoms with van der Waals surface area (Å²) in [5, 5.41) is 0. The number of furan rings is 1. The van der Waals surface area contributed by atoms with Gasteiger partial charge in [0.25, 0.3) is 0 Å². The third-order valence-electron chi connectivity index (χ3n) is 2.54. The molecule has 0 aliphatic carbocycles. The first-order valence-electron chi connectivity index (χ1n) is 5.35. The molecule has 0 spiro atoms. The van der Waals surface area contributed by atoms with Crippen molar-refractivity contribution >= 4 is 26.0 Å². The lowest BCUT2D eigenvalue weighted by Crippen LogP contribution is -2.26. The normalized spacial score (nSPS) is 12.0. The molecule has 0 fully saturated rings. The maximum atomic E-state index is 13.0. The van der Waals surface area contributed by atoms with Crippen LogP contribution in [0.2, 0.25) is 0 Å². The number of nitrogens with zero attached hydrogens (tertiary/aromatic N) is 1. The molecule has 102 valence electrons. The van der Waals surface area contributed by atoms with E-state index in [1.165, 1.54) is 19.4 Å². The molecule has 19 heavy (non-hydrogen) atoms. The van der Waals surface area contributed by atoms with Crippen molar-refractivity contribution in [1.29, 1.82) is 0 Å². The molecule has 0 bridgehead atoms. The highest BCUT2D eigenvalue weighted by Gasteiger charge is 2.24. The van der Waals surface area contributed by atoms with E-state index in [1.807, 2.05) is 0 Å². The van der Waals surface area contributed by atoms with E-state index in [0.29, 0.717) is 5.76 Å². The molecule has 0 unspecified atom stereocenters. The number of hydrogen-bond acceptors (Lipinski definition) is 3. The topological polar surface area (TPSA) is 50.5 Å². The molecule has 0 amide bonds. The van der Waals surface area contributed by atoms with Gasteiger partial charge in [-0.1, -0.05) is 0 Å². The molecule has 0 atom stereocenters. The highest BCUT2D eigenvalue weighted by atomic mass is 79.9. The third-order valence-corrected chi connectivity index (χ3v) is 5.32. The Balaban J connectivity index is 2.31. The third kappa shape index (κ3) is 3.05. The summed E-state index contributed by atoms with van der Waals surface area (Å²) in [6.07, 6.45) is 1.48. The smallest absolute Gasteiger partial charge is 0.244 e. The molecule has 1 heterocycles. The Morgan fingerprint density at radius 2 is 2.11 bits per heavy atom. The van der Waals surface area contributed by atoms with Gasteiger partial charge in [-0.25, -0.2) is 12.8 Å². The Morgan fingerprint density at radius 3 is 2.68 bits per heavy atom. The predicted octanol–water partition coefficient (Wildman–Crippen LogP) is 3.00. The largest absolute Gasteiger partial charge is 0.468 e. The maximum absolute atomic E-state index is 13.0. The summed E-state index contributed by atoms with van der Waals surface area (Å²) in [5.41, 5.74) is 0. The van der Waals surface area contributed by atoms with Crippen LogP contribution in [0.5, 0.6) is 0 Å². The molecule has 0 saturated carbocycles. The fourth-order valence-electron chi connectivity index (χ4n) is 1.56. The van der Waals surface area contributed by atoms with Crippen molar-refractivity contribution in [1.82, 2.24) is 4.31 Å². The lowest BCUT2D eigenvalue weighted by molar-refractivity contribution is 0.406. The van der Waals surface area contributed by atoms with E-state index in [-0.39, 0.29) is 15.9 Å². The molecular weight excluding hydrogens is 337 g/mol. The van der Waals surface area contributed by atoms with Gasteiger partial charge in [-0.15, -0.1) is 0 Å². The Labute approximate surface area is 119 Å². The molecule has 0 aliphatic heterocycles. The maximum Gasteiger partial charge on any atom is 0.244 e. The van der Waals surface area contributed by atoms with Crippen molar-refractivity contribution in [2.45, 2.75) is 11.4 Å². The van der Waals surface area contributed by atoms with Crippen molar-refractivity contribution in [2.75, 3.05) is 7.05 Å². The zero-order chi connectivity index (χ0) is 14.0. The second-order valence-electron chi connectivity index (χ2n) is 3.92. The van der Waals surface area contributed by atoms with E-state index >= 15 is 0 Å². The van der Waals surface area contributed by atoms with Crippen molar-refractivity contribution < 1.29 is 17.2 Å². The molecule has 1 aromatic heterocycles. The van der Waals surface area contributed by atoms with Crippen LogP contribution in [0.3, 0.4) is 0 Å². The number of sulfonamides is 1. The van der Waals surface area contributed by atoms with E-state index in [4.69, 9.17) is 4.42 Å². The van der Waals surface area contributed by atoms with Gasteiger partial charge >= 0.3 is 0 Å². The fourth-order valence-corrected chi connectivity index (χ4v) is 3.70. The Morgan fingerprint density at radius 1 is 1.37 bits per heavy atom. The van der Waals surface area contributed by atoms with Gasteiger partial charge in [0.05, 0.1) is 17.7 Å². The summed E-state index contributed by atoms with van der Waals surface area (Å²) in [6, 6.07) is 6.83. The van der Waals surface area contributed by atoms with Gasteiger partial charge < -0.3 is 4.42 Å². The van der Waals surface area contributed by atoms with Crippen molar-refractivity contribution in [3.8, 4) is 0 Å². The van der Waals surface area contributed by atoms with Crippen LogP contribution in [0.1, 0.15) is 5.76 Å². The van der Waals surface area contributed by atoms with Crippen molar-refractivity contribution in [2.24, 2.45) is 0 Å². The van der Waals surface area contributed by atoms with Gasteiger partial charge in [-0.3, -0.25) is 0 Å². The lowest BCUT2D eigenvalue weighted by atomic mass is 10.3. The summed E-state index contributed by atoms with van der Waals surface area (Å²) < 4.78 is 44.1. The van der Waals surface area contributed by atoms with Crippen molar-refractivity contribution in [3.05, 3.63) is 52.6 Å². The molecule has 0 aliphatic rings. The van der Waals surface area contributed by atoms with Gasteiger partial charge in [-0.2, -0.15) is 4.31 Å². The number of halogens is 2. The van der Waals surface area contributed by atoms with E-state index in [1.54, 1.807) is 12.1 Å². The van der Waals surface area contributed by atoms with Gasteiger partial charge in [0.1, 0.15) is 11.6 Å². The number of rotatable bonds is 4. The second-order valence-corrected chi connectivity index (χ2v) is 6.78. The molecule has 0 saturated heterocycles. The van der Waals surface area contributed by atoms with Crippen LogP contribution in [-0.2, 0) is 16.6 Å². The van der Waals surface area contributed by atoms with E-state index in [2.05, 4.69) is 15.9 Å². The lowest BCUT2D eigenvalue weighted by Gasteiger charge is -2.16. The first-order chi connectivity index (χ1) is 8.91. The summed E-state index contributed by atoms with van der Waals surface area (Å²) in [5.74, 6) is 0.0313. The van der Waals surface area contributed by atoms with Crippen LogP contribution in [0.15, 0.2) is 50.4 Å². The Kier molecular flexibility index (Phi) is 4.07. The second kappa shape index (κ2) is 5.44. The first-order valence-corrected chi connectivity index (χ1v) is 7.58. The average molecular weight is 348 g/mol. The summed E-state index contributed by atoms with van der Waals surface area (Å²) >= 11 is 3.06. The fraction of sp³-hybridized carbons (Fsp3) is 0.167. The molecule has 2 aromatic rings. The Bertz CT molecular complexity index is 670. The summed E-state index contributed by atoms with van der Waals surface area (Å²) in [7, 11) is -2.26. The van der Waals surface area contributed by atoms with Crippen LogP contribution in [-0.4, -0.2) is 19.8 Å². The first kappa shape index (κ1) is 14.2. The van der Waals surface area contributed by atoms with E-state index in [0.717, 1.165) is 16.4 Å². The monoisotopic (exact) mass is 347 g/mol. The molecule has 0 radical (unpaired) electrons. The van der Waals surface area contributed by atoms with Crippen LogP contribution in [0.4, 0.5) is 4.39 Å². The van der Waals surface area contributed by atoms with Gasteiger partial charge in [-0.05, 0) is 46.3 Å². The highest BCUT2D eigenvalue weighted by Crippen LogP contribution is 2.26. The highest BCUT2D eigenvalue weighted by molar-refractivity contribution is 9.10. The van der Waals surface area contributed by atoms with Crippen LogP contribution < -0.4 is 0 Å². The van der Waals surface area contributed by atoms with Gasteiger partial charge in [0.2, 0.25) is 10.0 Å². The zero-order valence-electron chi connectivity index (χ0n) is 10.0. The minimum atomic E-state index is -3.70. The van der Waals surface area contributed by atoms with Crippen LogP contribution in [0, 0.1) is 5.82 Å². The molecular formula is C12H11BrFNO3S. The summed E-state index contributed by atoms with van der Waals surface area (Å²) in [6.45, 7) is 0.110. The van der Waals surface area contributed by atoms with Crippen LogP contribution >= 0.6 is 15.9 Å². The molecule has 7 heteroatoms. The van der Waals surface area contributed by atoms with Gasteiger partial charge in [0, 0.05) is 11.5 Å². The quantitative estimate of drug-likeness (QED) is 0.854. The molecule has 0 N–H and O–H groups in total.